The standard InChI is InChI=1S/C18H15N3S2/c1-11-14(5-6-17-18(11)20-10-23-17)21-16-7-8-19-15-4-3-12(22-2)9-13(15)16/h3-10H,1-2H3,(H,19,21). The first-order valence-corrected chi connectivity index (χ1v) is 9.39. The van der Waals surface area contributed by atoms with Crippen LogP contribution < -0.4 is 5.32 Å². The van der Waals surface area contributed by atoms with E-state index in [1.807, 2.05) is 17.8 Å². The van der Waals surface area contributed by atoms with Crippen molar-refractivity contribution in [2.45, 2.75) is 11.8 Å². The van der Waals surface area contributed by atoms with E-state index in [9.17, 15) is 0 Å². The van der Waals surface area contributed by atoms with Gasteiger partial charge in [-0.1, -0.05) is 0 Å². The van der Waals surface area contributed by atoms with Crippen LogP contribution in [0.3, 0.4) is 0 Å². The number of nitrogens with one attached hydrogen (secondary N) is 1. The summed E-state index contributed by atoms with van der Waals surface area (Å²) in [5.74, 6) is 0. The lowest BCUT2D eigenvalue weighted by atomic mass is 10.1. The number of anilines is 2. The molecule has 4 aromatic rings. The third-order valence-corrected chi connectivity index (χ3v) is 5.49. The lowest BCUT2D eigenvalue weighted by Gasteiger charge is -2.12. The number of thioether (sulfide) groups is 1. The highest BCUT2D eigenvalue weighted by atomic mass is 32.2. The number of pyridine rings is 1. The highest BCUT2D eigenvalue weighted by molar-refractivity contribution is 7.98. The number of fused-ring (bicyclic) bond motifs is 2. The highest BCUT2D eigenvalue weighted by Gasteiger charge is 2.08. The topological polar surface area (TPSA) is 37.8 Å². The van der Waals surface area contributed by atoms with Gasteiger partial charge in [-0.2, -0.15) is 0 Å². The zero-order chi connectivity index (χ0) is 15.8. The Hall–Kier alpha value is -2.11. The zero-order valence-electron chi connectivity index (χ0n) is 12.8. The van der Waals surface area contributed by atoms with E-state index < -0.39 is 0 Å². The van der Waals surface area contributed by atoms with E-state index in [0.29, 0.717) is 0 Å². The Bertz CT molecular complexity index is 1010. The fourth-order valence-corrected chi connectivity index (χ4v) is 3.88. The third kappa shape index (κ3) is 2.56. The SMILES string of the molecule is CSc1ccc2nccc(Nc3ccc4scnc4c3C)c2c1. The van der Waals surface area contributed by atoms with Crippen LogP contribution in [0.15, 0.2) is 53.0 Å². The van der Waals surface area contributed by atoms with Gasteiger partial charge in [-0.15, -0.1) is 23.1 Å². The molecule has 2 aromatic heterocycles. The Kier molecular flexibility index (Phi) is 3.67. The van der Waals surface area contributed by atoms with E-state index in [0.717, 1.165) is 27.8 Å². The summed E-state index contributed by atoms with van der Waals surface area (Å²) in [6.45, 7) is 2.11. The van der Waals surface area contributed by atoms with Crippen LogP contribution >= 0.6 is 23.1 Å². The summed E-state index contributed by atoms with van der Waals surface area (Å²) in [4.78, 5) is 10.2. The van der Waals surface area contributed by atoms with Gasteiger partial charge < -0.3 is 5.32 Å². The van der Waals surface area contributed by atoms with E-state index in [1.54, 1.807) is 23.1 Å². The van der Waals surface area contributed by atoms with E-state index in [-0.39, 0.29) is 0 Å². The molecule has 5 heteroatoms. The maximum absolute atomic E-state index is 4.47. The molecule has 2 heterocycles. The predicted molar refractivity (Wildman–Crippen MR) is 101 cm³/mol. The number of nitrogens with zero attached hydrogens (tertiary/aromatic N) is 2. The molecule has 0 unspecified atom stereocenters. The summed E-state index contributed by atoms with van der Waals surface area (Å²) in [5, 5.41) is 4.70. The highest BCUT2D eigenvalue weighted by Crippen LogP contribution is 2.32. The molecule has 0 aliphatic rings. The summed E-state index contributed by atoms with van der Waals surface area (Å²) < 4.78 is 1.22. The van der Waals surface area contributed by atoms with Crippen molar-refractivity contribution in [2.24, 2.45) is 0 Å². The number of benzene rings is 2. The number of thiazole rings is 1. The minimum absolute atomic E-state index is 1.00. The molecule has 0 bridgehead atoms. The quantitative estimate of drug-likeness (QED) is 0.492. The molecule has 0 atom stereocenters. The van der Waals surface area contributed by atoms with Crippen molar-refractivity contribution in [1.82, 2.24) is 9.97 Å². The first-order chi connectivity index (χ1) is 11.3. The molecule has 114 valence electrons. The number of aryl methyl sites for hydroxylation is 1. The predicted octanol–water partition coefficient (Wildman–Crippen LogP) is 5.62. The van der Waals surface area contributed by atoms with Crippen LogP contribution in [-0.4, -0.2) is 16.2 Å². The van der Waals surface area contributed by atoms with Crippen LogP contribution in [0.2, 0.25) is 0 Å². The van der Waals surface area contributed by atoms with E-state index in [2.05, 4.69) is 58.8 Å². The van der Waals surface area contributed by atoms with Gasteiger partial charge >= 0.3 is 0 Å². The second-order valence-electron chi connectivity index (χ2n) is 5.30. The van der Waals surface area contributed by atoms with Gasteiger partial charge in [-0.25, -0.2) is 4.98 Å². The Morgan fingerprint density at radius 1 is 1.04 bits per heavy atom. The van der Waals surface area contributed by atoms with E-state index >= 15 is 0 Å². The summed E-state index contributed by atoms with van der Waals surface area (Å²) in [5.41, 5.74) is 7.31. The molecule has 2 aromatic carbocycles. The first-order valence-electron chi connectivity index (χ1n) is 7.29. The van der Waals surface area contributed by atoms with Gasteiger partial charge in [0.2, 0.25) is 0 Å². The molecule has 0 spiro atoms. The van der Waals surface area contributed by atoms with Gasteiger partial charge in [-0.05, 0) is 55.1 Å². The van der Waals surface area contributed by atoms with Crippen LogP contribution in [0.25, 0.3) is 21.1 Å². The molecular weight excluding hydrogens is 322 g/mol. The fraction of sp³-hybridized carbons (Fsp3) is 0.111. The summed E-state index contributed by atoms with van der Waals surface area (Å²) in [6.07, 6.45) is 3.94. The van der Waals surface area contributed by atoms with Gasteiger partial charge in [0.05, 0.1) is 21.2 Å². The minimum Gasteiger partial charge on any atom is -0.355 e. The van der Waals surface area contributed by atoms with Gasteiger partial charge in [0.15, 0.2) is 0 Å². The van der Waals surface area contributed by atoms with Crippen LogP contribution in [-0.2, 0) is 0 Å². The monoisotopic (exact) mass is 337 g/mol. The molecule has 0 radical (unpaired) electrons. The van der Waals surface area contributed by atoms with Crippen molar-refractivity contribution >= 4 is 55.6 Å². The van der Waals surface area contributed by atoms with Crippen molar-refractivity contribution in [3.8, 4) is 0 Å². The van der Waals surface area contributed by atoms with Crippen molar-refractivity contribution in [3.05, 3.63) is 53.7 Å². The molecule has 0 saturated carbocycles. The maximum atomic E-state index is 4.47. The first kappa shape index (κ1) is 14.5. The second-order valence-corrected chi connectivity index (χ2v) is 7.07. The number of aromatic nitrogens is 2. The maximum Gasteiger partial charge on any atom is 0.0861 e. The average Bonchev–Trinajstić information content (AvgIpc) is 3.07. The van der Waals surface area contributed by atoms with Crippen LogP contribution in [0.4, 0.5) is 11.4 Å². The molecule has 0 saturated heterocycles. The molecule has 1 N–H and O–H groups in total. The lowest BCUT2D eigenvalue weighted by Crippen LogP contribution is -1.95. The number of hydrogen-bond donors (Lipinski definition) is 1. The van der Waals surface area contributed by atoms with Crippen molar-refractivity contribution < 1.29 is 0 Å². The van der Waals surface area contributed by atoms with Crippen molar-refractivity contribution in [3.63, 3.8) is 0 Å². The molecule has 0 amide bonds. The fourth-order valence-electron chi connectivity index (χ4n) is 2.71. The normalized spacial score (nSPS) is 11.2. The molecule has 3 nitrogen and oxygen atoms in total. The van der Waals surface area contributed by atoms with Gasteiger partial charge in [0, 0.05) is 27.9 Å². The summed E-state index contributed by atoms with van der Waals surface area (Å²) in [6, 6.07) is 12.6. The largest absolute Gasteiger partial charge is 0.355 e. The molecule has 0 aliphatic heterocycles. The smallest absolute Gasteiger partial charge is 0.0861 e. The second kappa shape index (κ2) is 5.83. The zero-order valence-corrected chi connectivity index (χ0v) is 14.5. The van der Waals surface area contributed by atoms with Crippen LogP contribution in [0.1, 0.15) is 5.56 Å². The number of hydrogen-bond acceptors (Lipinski definition) is 5. The Morgan fingerprint density at radius 2 is 1.96 bits per heavy atom. The Balaban J connectivity index is 1.83. The van der Waals surface area contributed by atoms with Crippen LogP contribution in [0.5, 0.6) is 0 Å². The lowest BCUT2D eigenvalue weighted by molar-refractivity contribution is 1.37. The van der Waals surface area contributed by atoms with Gasteiger partial charge in [-0.3, -0.25) is 4.98 Å². The summed E-state index contributed by atoms with van der Waals surface area (Å²) in [7, 11) is 0. The Labute approximate surface area is 142 Å². The molecule has 0 fully saturated rings. The van der Waals surface area contributed by atoms with Crippen LogP contribution in [0, 0.1) is 6.92 Å². The average molecular weight is 337 g/mol. The molecule has 0 aliphatic carbocycles. The Morgan fingerprint density at radius 3 is 2.83 bits per heavy atom. The molecular formula is C18H15N3S2. The number of rotatable bonds is 3. The van der Waals surface area contributed by atoms with Gasteiger partial charge in [0.1, 0.15) is 0 Å². The van der Waals surface area contributed by atoms with Crippen molar-refractivity contribution in [2.75, 3.05) is 11.6 Å². The van der Waals surface area contributed by atoms with E-state index in [1.165, 1.54) is 15.2 Å². The third-order valence-electron chi connectivity index (χ3n) is 3.97. The van der Waals surface area contributed by atoms with Crippen molar-refractivity contribution in [1.29, 1.82) is 0 Å². The van der Waals surface area contributed by atoms with Gasteiger partial charge in [0.25, 0.3) is 0 Å². The summed E-state index contributed by atoms with van der Waals surface area (Å²) >= 11 is 3.41. The van der Waals surface area contributed by atoms with E-state index in [4.69, 9.17) is 0 Å². The minimum atomic E-state index is 1.00. The molecule has 4 rings (SSSR count). The molecule has 23 heavy (non-hydrogen) atoms.